The van der Waals surface area contributed by atoms with E-state index >= 15 is 0 Å². The second-order valence-corrected chi connectivity index (χ2v) is 4.62. The summed E-state index contributed by atoms with van der Waals surface area (Å²) in [5.74, 6) is 0.684. The van der Waals surface area contributed by atoms with E-state index in [1.165, 1.54) is 0 Å². The molecule has 0 radical (unpaired) electrons. The van der Waals surface area contributed by atoms with E-state index in [9.17, 15) is 4.79 Å². The smallest absolute Gasteiger partial charge is 0.246 e. The Kier molecular flexibility index (Phi) is 4.47. The van der Waals surface area contributed by atoms with Crippen molar-refractivity contribution in [1.82, 2.24) is 15.2 Å². The second-order valence-electron chi connectivity index (χ2n) is 4.62. The van der Waals surface area contributed by atoms with E-state index in [4.69, 9.17) is 0 Å². The molecule has 0 aliphatic carbocycles. The van der Waals surface area contributed by atoms with Crippen LogP contribution < -0.4 is 5.32 Å². The van der Waals surface area contributed by atoms with Crippen LogP contribution in [0, 0.1) is 5.92 Å². The van der Waals surface area contributed by atoms with Gasteiger partial charge in [-0.25, -0.2) is 0 Å². The topological polar surface area (TPSA) is 45.2 Å². The molecule has 1 N–H and O–H groups in total. The normalized spacial score (nSPS) is 19.6. The predicted molar refractivity (Wildman–Crippen MR) is 71.9 cm³/mol. The lowest BCUT2D eigenvalue weighted by Gasteiger charge is -2.14. The number of rotatable bonds is 4. The maximum atomic E-state index is 12.0. The average Bonchev–Trinajstić information content (AvgIpc) is 2.86. The molecule has 2 heterocycles. The summed E-state index contributed by atoms with van der Waals surface area (Å²) < 4.78 is 0. The Morgan fingerprint density at radius 1 is 1.67 bits per heavy atom. The maximum Gasteiger partial charge on any atom is 0.246 e. The van der Waals surface area contributed by atoms with E-state index in [0.717, 1.165) is 31.6 Å². The highest BCUT2D eigenvalue weighted by Crippen LogP contribution is 2.15. The first kappa shape index (κ1) is 12.8. The van der Waals surface area contributed by atoms with Crippen molar-refractivity contribution in [2.45, 2.75) is 6.42 Å². The molecular formula is C14H19N3O. The highest BCUT2D eigenvalue weighted by molar-refractivity contribution is 5.91. The summed E-state index contributed by atoms with van der Waals surface area (Å²) in [5, 5.41) is 3.16. The monoisotopic (exact) mass is 245 g/mol. The van der Waals surface area contributed by atoms with Gasteiger partial charge >= 0.3 is 0 Å². The highest BCUT2D eigenvalue weighted by Gasteiger charge is 2.24. The van der Waals surface area contributed by atoms with Crippen molar-refractivity contribution in [3.63, 3.8) is 0 Å². The Bertz CT molecular complexity index is 416. The van der Waals surface area contributed by atoms with Crippen LogP contribution in [-0.4, -0.2) is 42.5 Å². The molecule has 1 saturated heterocycles. The largest absolute Gasteiger partial charge is 0.339 e. The first-order valence-electron chi connectivity index (χ1n) is 6.31. The second kappa shape index (κ2) is 6.31. The van der Waals surface area contributed by atoms with Crippen LogP contribution in [-0.2, 0) is 4.79 Å². The summed E-state index contributed by atoms with van der Waals surface area (Å²) in [6.07, 6.45) is 8.02. The standard InChI is InChI=1S/C14H19N3O/c1-15-9-13-6-8-17(11-13)14(18)5-4-12-3-2-7-16-10-12/h2-5,7,10,13,15H,6,8-9,11H2,1H3/b5-4+. The zero-order chi connectivity index (χ0) is 12.8. The molecular weight excluding hydrogens is 226 g/mol. The molecule has 1 aromatic rings. The molecule has 1 atom stereocenters. The van der Waals surface area contributed by atoms with Gasteiger partial charge in [0.25, 0.3) is 0 Å². The molecule has 1 aliphatic heterocycles. The molecule has 0 aromatic carbocycles. The van der Waals surface area contributed by atoms with Crippen molar-refractivity contribution in [3.05, 3.63) is 36.2 Å². The quantitative estimate of drug-likeness (QED) is 0.810. The zero-order valence-corrected chi connectivity index (χ0v) is 10.7. The Morgan fingerprint density at radius 2 is 2.56 bits per heavy atom. The molecule has 0 spiro atoms. The van der Waals surface area contributed by atoms with Crippen molar-refractivity contribution >= 4 is 12.0 Å². The van der Waals surface area contributed by atoms with Crippen LogP contribution in [0.2, 0.25) is 0 Å². The first-order chi connectivity index (χ1) is 8.79. The van der Waals surface area contributed by atoms with Crippen molar-refractivity contribution < 1.29 is 4.79 Å². The van der Waals surface area contributed by atoms with Crippen LogP contribution in [0.15, 0.2) is 30.6 Å². The van der Waals surface area contributed by atoms with Crippen LogP contribution in [0.25, 0.3) is 6.08 Å². The Balaban J connectivity index is 1.87. The van der Waals surface area contributed by atoms with Gasteiger partial charge in [-0.2, -0.15) is 0 Å². The number of carbonyl (C=O) groups is 1. The van der Waals surface area contributed by atoms with E-state index in [0.29, 0.717) is 5.92 Å². The number of likely N-dealkylation sites (tertiary alicyclic amines) is 1. The van der Waals surface area contributed by atoms with Crippen LogP contribution in [0.3, 0.4) is 0 Å². The summed E-state index contributed by atoms with van der Waals surface area (Å²) in [6, 6.07) is 3.80. The van der Waals surface area contributed by atoms with E-state index in [-0.39, 0.29) is 5.91 Å². The Hall–Kier alpha value is -1.68. The minimum absolute atomic E-state index is 0.0949. The fourth-order valence-electron chi connectivity index (χ4n) is 2.24. The molecule has 0 saturated carbocycles. The van der Waals surface area contributed by atoms with Gasteiger partial charge in [0.05, 0.1) is 0 Å². The van der Waals surface area contributed by atoms with E-state index in [2.05, 4.69) is 10.3 Å². The highest BCUT2D eigenvalue weighted by atomic mass is 16.2. The number of nitrogens with one attached hydrogen (secondary N) is 1. The van der Waals surface area contributed by atoms with Crippen molar-refractivity contribution in [3.8, 4) is 0 Å². The van der Waals surface area contributed by atoms with Gasteiger partial charge in [0.2, 0.25) is 5.91 Å². The minimum atomic E-state index is 0.0949. The van der Waals surface area contributed by atoms with Crippen LogP contribution in [0.5, 0.6) is 0 Å². The summed E-state index contributed by atoms with van der Waals surface area (Å²) in [5.41, 5.74) is 0.955. The van der Waals surface area contributed by atoms with Crippen molar-refractivity contribution in [2.24, 2.45) is 5.92 Å². The van der Waals surface area contributed by atoms with Gasteiger partial charge in [-0.15, -0.1) is 0 Å². The van der Waals surface area contributed by atoms with Gasteiger partial charge in [-0.3, -0.25) is 9.78 Å². The SMILES string of the molecule is CNCC1CCN(C(=O)/C=C/c2cccnc2)C1. The minimum Gasteiger partial charge on any atom is -0.339 e. The lowest BCUT2D eigenvalue weighted by atomic mass is 10.1. The molecule has 4 heteroatoms. The Labute approximate surface area is 108 Å². The number of hydrogen-bond acceptors (Lipinski definition) is 3. The molecule has 1 amide bonds. The number of carbonyl (C=O) groups excluding carboxylic acids is 1. The number of amides is 1. The molecule has 2 rings (SSSR count). The fourth-order valence-corrected chi connectivity index (χ4v) is 2.24. The summed E-state index contributed by atoms with van der Waals surface area (Å²) in [7, 11) is 1.95. The van der Waals surface area contributed by atoms with Crippen LogP contribution in [0.1, 0.15) is 12.0 Å². The molecule has 1 fully saturated rings. The maximum absolute atomic E-state index is 12.0. The first-order valence-corrected chi connectivity index (χ1v) is 6.31. The van der Waals surface area contributed by atoms with Crippen molar-refractivity contribution in [2.75, 3.05) is 26.7 Å². The van der Waals surface area contributed by atoms with E-state index in [1.807, 2.05) is 30.2 Å². The Morgan fingerprint density at radius 3 is 3.28 bits per heavy atom. The molecule has 1 aliphatic rings. The lowest BCUT2D eigenvalue weighted by molar-refractivity contribution is -0.125. The third-order valence-electron chi connectivity index (χ3n) is 3.19. The number of aromatic nitrogens is 1. The van der Waals surface area contributed by atoms with Gasteiger partial charge in [-0.1, -0.05) is 6.07 Å². The van der Waals surface area contributed by atoms with Gasteiger partial charge in [-0.05, 0) is 43.6 Å². The molecule has 4 nitrogen and oxygen atoms in total. The van der Waals surface area contributed by atoms with Crippen LogP contribution in [0.4, 0.5) is 0 Å². The molecule has 96 valence electrons. The third-order valence-corrected chi connectivity index (χ3v) is 3.19. The van der Waals surface area contributed by atoms with E-state index < -0.39 is 0 Å². The summed E-state index contributed by atoms with van der Waals surface area (Å²) in [6.45, 7) is 2.70. The number of pyridine rings is 1. The molecule has 18 heavy (non-hydrogen) atoms. The van der Waals surface area contributed by atoms with Gasteiger partial charge in [0.1, 0.15) is 0 Å². The summed E-state index contributed by atoms with van der Waals surface area (Å²) in [4.78, 5) is 17.9. The van der Waals surface area contributed by atoms with Gasteiger partial charge in [0.15, 0.2) is 0 Å². The van der Waals surface area contributed by atoms with Crippen LogP contribution >= 0.6 is 0 Å². The molecule has 1 unspecified atom stereocenters. The van der Waals surface area contributed by atoms with Gasteiger partial charge < -0.3 is 10.2 Å². The van der Waals surface area contributed by atoms with Gasteiger partial charge in [0, 0.05) is 31.6 Å². The zero-order valence-electron chi connectivity index (χ0n) is 10.7. The average molecular weight is 245 g/mol. The molecule has 1 aromatic heterocycles. The lowest BCUT2D eigenvalue weighted by Crippen LogP contribution is -2.28. The number of hydrogen-bond donors (Lipinski definition) is 1. The number of nitrogens with zero attached hydrogens (tertiary/aromatic N) is 2. The predicted octanol–water partition coefficient (Wildman–Crippen LogP) is 1.16. The van der Waals surface area contributed by atoms with Crippen molar-refractivity contribution in [1.29, 1.82) is 0 Å². The summed E-state index contributed by atoms with van der Waals surface area (Å²) >= 11 is 0. The molecule has 0 bridgehead atoms. The third kappa shape index (κ3) is 3.40. The van der Waals surface area contributed by atoms with E-state index in [1.54, 1.807) is 18.5 Å². The fraction of sp³-hybridized carbons (Fsp3) is 0.429.